The van der Waals surface area contributed by atoms with Gasteiger partial charge in [-0.15, -0.1) is 11.3 Å². The number of nitrogens with zero attached hydrogens (tertiary/aromatic N) is 3. The van der Waals surface area contributed by atoms with Gasteiger partial charge < -0.3 is 9.30 Å². The monoisotopic (exact) mass is 429 g/mol. The number of nitriles is 2. The molecule has 3 rings (SSSR count). The SMILES string of the molecule is CCOC(=O)c1c(-c2ccc(-c3sccc3C#N)cc2)c(C#N)c(C(F)(F)F)n1C. The third-order valence-corrected chi connectivity index (χ3v) is 5.43. The molecule has 0 bridgehead atoms. The number of ether oxygens (including phenoxy) is 1. The van der Waals surface area contributed by atoms with Gasteiger partial charge in [-0.2, -0.15) is 23.7 Å². The number of halogens is 3. The Morgan fingerprint density at radius 3 is 2.30 bits per heavy atom. The zero-order valence-electron chi connectivity index (χ0n) is 15.9. The standard InChI is InChI=1S/C21H14F3N3O2S/c1-3-29-20(28)17-16(15(11-26)19(27(17)2)21(22,23)24)12-4-6-13(7-5-12)18-14(10-25)8-9-30-18/h4-9H,3H2,1-2H3. The van der Waals surface area contributed by atoms with Gasteiger partial charge in [-0.25, -0.2) is 4.79 Å². The number of esters is 1. The van der Waals surface area contributed by atoms with Gasteiger partial charge in [0.05, 0.1) is 22.6 Å². The lowest BCUT2D eigenvalue weighted by molar-refractivity contribution is -0.143. The zero-order valence-corrected chi connectivity index (χ0v) is 16.7. The van der Waals surface area contributed by atoms with Crippen molar-refractivity contribution in [2.24, 2.45) is 7.05 Å². The van der Waals surface area contributed by atoms with Crippen molar-refractivity contribution in [2.75, 3.05) is 6.61 Å². The summed E-state index contributed by atoms with van der Waals surface area (Å²) in [6, 6.07) is 11.7. The summed E-state index contributed by atoms with van der Waals surface area (Å²) < 4.78 is 46.5. The molecule has 0 N–H and O–H groups in total. The Balaban J connectivity index is 2.23. The maximum absolute atomic E-state index is 13.6. The minimum Gasteiger partial charge on any atom is -0.461 e. The predicted octanol–water partition coefficient (Wildman–Crippen LogP) is 5.36. The molecular weight excluding hydrogens is 415 g/mol. The Kier molecular flexibility index (Phi) is 5.68. The van der Waals surface area contributed by atoms with Crippen molar-refractivity contribution in [3.8, 4) is 33.7 Å². The van der Waals surface area contributed by atoms with Crippen LogP contribution in [-0.2, 0) is 18.0 Å². The summed E-state index contributed by atoms with van der Waals surface area (Å²) in [5.41, 5.74) is -0.886. The highest BCUT2D eigenvalue weighted by Crippen LogP contribution is 2.41. The summed E-state index contributed by atoms with van der Waals surface area (Å²) in [5.74, 6) is -0.948. The molecule has 0 atom stereocenters. The smallest absolute Gasteiger partial charge is 0.432 e. The summed E-state index contributed by atoms with van der Waals surface area (Å²) in [6.45, 7) is 1.51. The highest BCUT2D eigenvalue weighted by molar-refractivity contribution is 7.13. The molecule has 0 radical (unpaired) electrons. The third-order valence-electron chi connectivity index (χ3n) is 4.46. The number of benzene rings is 1. The molecule has 2 heterocycles. The number of thiophene rings is 1. The van der Waals surface area contributed by atoms with E-state index in [2.05, 4.69) is 6.07 Å². The molecule has 0 amide bonds. The van der Waals surface area contributed by atoms with Gasteiger partial charge in [-0.05, 0) is 29.5 Å². The van der Waals surface area contributed by atoms with E-state index < -0.39 is 23.4 Å². The molecule has 0 spiro atoms. The van der Waals surface area contributed by atoms with E-state index in [4.69, 9.17) is 4.74 Å². The van der Waals surface area contributed by atoms with E-state index in [0.29, 0.717) is 15.7 Å². The molecule has 152 valence electrons. The summed E-state index contributed by atoms with van der Waals surface area (Å²) in [7, 11) is 1.08. The molecule has 0 fully saturated rings. The van der Waals surface area contributed by atoms with Gasteiger partial charge in [0.2, 0.25) is 0 Å². The van der Waals surface area contributed by atoms with E-state index in [-0.39, 0.29) is 23.4 Å². The van der Waals surface area contributed by atoms with E-state index in [1.807, 2.05) is 0 Å². The normalized spacial score (nSPS) is 11.0. The first-order valence-corrected chi connectivity index (χ1v) is 9.58. The summed E-state index contributed by atoms with van der Waals surface area (Å²) in [4.78, 5) is 13.2. The maximum atomic E-state index is 13.6. The molecule has 0 saturated carbocycles. The summed E-state index contributed by atoms with van der Waals surface area (Å²) >= 11 is 1.36. The highest BCUT2D eigenvalue weighted by Gasteiger charge is 2.42. The van der Waals surface area contributed by atoms with Crippen LogP contribution in [0.2, 0.25) is 0 Å². The number of carbonyl (C=O) groups is 1. The second-order valence-electron chi connectivity index (χ2n) is 6.19. The van der Waals surface area contributed by atoms with Gasteiger partial charge >= 0.3 is 12.1 Å². The van der Waals surface area contributed by atoms with Crippen LogP contribution in [0.1, 0.15) is 34.2 Å². The van der Waals surface area contributed by atoms with Crippen molar-refractivity contribution in [3.05, 3.63) is 58.2 Å². The van der Waals surface area contributed by atoms with Gasteiger partial charge in [0.15, 0.2) is 0 Å². The van der Waals surface area contributed by atoms with Crippen molar-refractivity contribution in [2.45, 2.75) is 13.1 Å². The Labute approximate surface area is 174 Å². The van der Waals surface area contributed by atoms with Crippen LogP contribution in [0.15, 0.2) is 35.7 Å². The minimum absolute atomic E-state index is 0.0268. The molecule has 0 aliphatic heterocycles. The molecule has 2 aromatic heterocycles. The first kappa shape index (κ1) is 21.2. The topological polar surface area (TPSA) is 78.8 Å². The van der Waals surface area contributed by atoms with Gasteiger partial charge in [0, 0.05) is 12.6 Å². The molecular formula is C21H14F3N3O2S. The van der Waals surface area contributed by atoms with Crippen LogP contribution < -0.4 is 0 Å². The van der Waals surface area contributed by atoms with Crippen LogP contribution in [0.3, 0.4) is 0 Å². The molecule has 5 nitrogen and oxygen atoms in total. The Hall–Kier alpha value is -3.56. The number of carbonyl (C=O) groups excluding carboxylic acids is 1. The Morgan fingerprint density at radius 2 is 1.77 bits per heavy atom. The van der Waals surface area contributed by atoms with Gasteiger partial charge in [0.1, 0.15) is 23.5 Å². The first-order valence-electron chi connectivity index (χ1n) is 8.70. The minimum atomic E-state index is -4.84. The van der Waals surface area contributed by atoms with E-state index in [0.717, 1.165) is 11.9 Å². The quantitative estimate of drug-likeness (QED) is 0.523. The average Bonchev–Trinajstić information content (AvgIpc) is 3.29. The average molecular weight is 429 g/mol. The molecule has 9 heteroatoms. The summed E-state index contributed by atoms with van der Waals surface area (Å²) in [6.07, 6.45) is -4.84. The van der Waals surface area contributed by atoms with Crippen molar-refractivity contribution < 1.29 is 22.7 Å². The largest absolute Gasteiger partial charge is 0.461 e. The molecule has 3 aromatic rings. The molecule has 0 saturated heterocycles. The lowest BCUT2D eigenvalue weighted by atomic mass is 9.98. The molecule has 0 aliphatic rings. The van der Waals surface area contributed by atoms with Gasteiger partial charge in [-0.1, -0.05) is 24.3 Å². The van der Waals surface area contributed by atoms with Crippen molar-refractivity contribution in [1.82, 2.24) is 4.57 Å². The van der Waals surface area contributed by atoms with Gasteiger partial charge in [0.25, 0.3) is 0 Å². The number of hydrogen-bond acceptors (Lipinski definition) is 5. The van der Waals surface area contributed by atoms with E-state index in [1.54, 1.807) is 36.6 Å². The predicted molar refractivity (Wildman–Crippen MR) is 105 cm³/mol. The fraction of sp³-hybridized carbons (Fsp3) is 0.190. The zero-order chi connectivity index (χ0) is 22.1. The van der Waals surface area contributed by atoms with Crippen molar-refractivity contribution in [3.63, 3.8) is 0 Å². The fourth-order valence-electron chi connectivity index (χ4n) is 3.25. The molecule has 0 aliphatic carbocycles. The molecule has 1 aromatic carbocycles. The van der Waals surface area contributed by atoms with E-state index in [9.17, 15) is 28.5 Å². The summed E-state index contributed by atoms with van der Waals surface area (Å²) in [5, 5.41) is 20.4. The number of aromatic nitrogens is 1. The van der Waals surface area contributed by atoms with Gasteiger partial charge in [-0.3, -0.25) is 0 Å². The Bertz CT molecular complexity index is 1190. The number of alkyl halides is 3. The van der Waals surface area contributed by atoms with Crippen LogP contribution >= 0.6 is 11.3 Å². The van der Waals surface area contributed by atoms with Crippen LogP contribution in [0, 0.1) is 22.7 Å². The highest BCUT2D eigenvalue weighted by atomic mass is 32.1. The first-order chi connectivity index (χ1) is 14.2. The lowest BCUT2D eigenvalue weighted by Crippen LogP contribution is -2.17. The molecule has 30 heavy (non-hydrogen) atoms. The second kappa shape index (κ2) is 8.05. The Morgan fingerprint density at radius 1 is 1.13 bits per heavy atom. The number of rotatable bonds is 4. The van der Waals surface area contributed by atoms with Crippen LogP contribution in [0.4, 0.5) is 13.2 Å². The van der Waals surface area contributed by atoms with Crippen molar-refractivity contribution in [1.29, 1.82) is 10.5 Å². The van der Waals surface area contributed by atoms with E-state index in [1.165, 1.54) is 23.5 Å². The van der Waals surface area contributed by atoms with Crippen LogP contribution in [0.25, 0.3) is 21.6 Å². The third kappa shape index (κ3) is 3.56. The van der Waals surface area contributed by atoms with Crippen molar-refractivity contribution >= 4 is 17.3 Å². The lowest BCUT2D eigenvalue weighted by Gasteiger charge is -2.10. The number of hydrogen-bond donors (Lipinski definition) is 0. The van der Waals surface area contributed by atoms with Crippen LogP contribution in [0.5, 0.6) is 0 Å². The molecule has 0 unspecified atom stereocenters. The van der Waals surface area contributed by atoms with Crippen LogP contribution in [-0.4, -0.2) is 17.1 Å². The fourth-order valence-corrected chi connectivity index (χ4v) is 4.11. The second-order valence-corrected chi connectivity index (χ2v) is 7.10. The maximum Gasteiger partial charge on any atom is 0.432 e. The van der Waals surface area contributed by atoms with E-state index >= 15 is 0 Å².